The second-order valence-electron chi connectivity index (χ2n) is 12.0. The number of benzene rings is 4. The SMILES string of the molecule is CC1=C([O][Ge]([c]2c(C)cc(C)cc2C)([c]2c(C)cc(C)cc2C)[CH]2c3ccccc3-c3ccccc32)CCC1=O. The molecule has 3 heteroatoms. The van der Waals surface area contributed by atoms with Gasteiger partial charge in [0.2, 0.25) is 0 Å². The monoisotopic (exact) mass is 588 g/mol. The van der Waals surface area contributed by atoms with Crippen molar-refractivity contribution in [2.75, 3.05) is 0 Å². The van der Waals surface area contributed by atoms with Crippen molar-refractivity contribution >= 4 is 28.2 Å². The summed E-state index contributed by atoms with van der Waals surface area (Å²) in [5, 5.41) is 0. The predicted octanol–water partition coefficient (Wildman–Crippen LogP) is 7.60. The molecule has 0 aliphatic heterocycles. The van der Waals surface area contributed by atoms with E-state index in [-0.39, 0.29) is 10.5 Å². The molecule has 40 heavy (non-hydrogen) atoms. The molecule has 0 fully saturated rings. The molecule has 0 saturated heterocycles. The molecule has 6 rings (SSSR count). The zero-order chi connectivity index (χ0) is 28.3. The van der Waals surface area contributed by atoms with Gasteiger partial charge in [-0.2, -0.15) is 0 Å². The summed E-state index contributed by atoms with van der Waals surface area (Å²) in [5.74, 6) is 1.12. The van der Waals surface area contributed by atoms with E-state index in [0.717, 1.165) is 11.3 Å². The average molecular weight is 587 g/mol. The van der Waals surface area contributed by atoms with E-state index in [2.05, 4.69) is 114 Å². The van der Waals surface area contributed by atoms with Gasteiger partial charge in [-0.3, -0.25) is 0 Å². The summed E-state index contributed by atoms with van der Waals surface area (Å²) < 4.78 is 10.7. The Morgan fingerprint density at radius 3 is 1.45 bits per heavy atom. The van der Waals surface area contributed by atoms with Crippen LogP contribution in [-0.2, 0) is 8.56 Å². The zero-order valence-electron chi connectivity index (χ0n) is 24.7. The van der Waals surface area contributed by atoms with Crippen LogP contribution in [0.2, 0.25) is 0 Å². The summed E-state index contributed by atoms with van der Waals surface area (Å²) in [7, 11) is 0. The van der Waals surface area contributed by atoms with E-state index >= 15 is 0 Å². The molecule has 0 N–H and O–H groups in total. The molecule has 0 unspecified atom stereocenters. The van der Waals surface area contributed by atoms with Gasteiger partial charge in [0.1, 0.15) is 0 Å². The van der Waals surface area contributed by atoms with E-state index in [4.69, 9.17) is 3.76 Å². The van der Waals surface area contributed by atoms with Crippen molar-refractivity contribution in [2.24, 2.45) is 0 Å². The summed E-state index contributed by atoms with van der Waals surface area (Å²) in [5.41, 5.74) is 13.8. The van der Waals surface area contributed by atoms with E-state index in [9.17, 15) is 4.79 Å². The Morgan fingerprint density at radius 1 is 0.625 bits per heavy atom. The average Bonchev–Trinajstić information content (AvgIpc) is 3.39. The van der Waals surface area contributed by atoms with Gasteiger partial charge in [0.05, 0.1) is 0 Å². The maximum atomic E-state index is 12.9. The standard InChI is InChI=1S/C37H38GeO2/c1-22-18-24(3)35(25(4)19-22)38(40-34-17-16-33(39)28(34)7,36-26(5)20-23(2)21-27(36)6)37-31-14-10-8-12-29(31)30-13-9-11-15-32(30)37/h8-15,18-21,37H,16-17H2,1-7H3. The summed E-state index contributed by atoms with van der Waals surface area (Å²) >= 11 is -4.00. The Hall–Kier alpha value is -3.37. The molecular formula is C37H38GeO2. The van der Waals surface area contributed by atoms with Crippen LogP contribution in [0.15, 0.2) is 84.1 Å². The molecule has 0 atom stereocenters. The minimum atomic E-state index is -4.00. The molecule has 4 aromatic rings. The fraction of sp³-hybridized carbons (Fsp3) is 0.270. The maximum absolute atomic E-state index is 12.9. The third-order valence-electron chi connectivity index (χ3n) is 9.04. The van der Waals surface area contributed by atoms with Crippen LogP contribution >= 0.6 is 0 Å². The topological polar surface area (TPSA) is 26.3 Å². The molecule has 202 valence electrons. The summed E-state index contributed by atoms with van der Waals surface area (Å²) in [6, 6.07) is 27.2. The Morgan fingerprint density at radius 2 is 1.05 bits per heavy atom. The summed E-state index contributed by atoms with van der Waals surface area (Å²) in [6.45, 7) is 15.4. The number of carbonyl (C=O) groups excluding carboxylic acids is 1. The molecule has 0 heterocycles. The van der Waals surface area contributed by atoms with E-state index in [0.29, 0.717) is 12.8 Å². The van der Waals surface area contributed by atoms with E-state index in [1.54, 1.807) is 0 Å². The van der Waals surface area contributed by atoms with Crippen LogP contribution in [0.3, 0.4) is 0 Å². The van der Waals surface area contributed by atoms with Crippen molar-refractivity contribution in [3.05, 3.63) is 129 Å². The van der Waals surface area contributed by atoms with Gasteiger partial charge in [-0.1, -0.05) is 0 Å². The summed E-state index contributed by atoms with van der Waals surface area (Å²) in [4.78, 5) is 12.9. The van der Waals surface area contributed by atoms with Crippen LogP contribution < -0.4 is 8.79 Å². The Kier molecular flexibility index (Phi) is 6.66. The second-order valence-corrected chi connectivity index (χ2v) is 18.8. The molecule has 0 saturated carbocycles. The first kappa shape index (κ1) is 26.8. The molecule has 2 aliphatic rings. The van der Waals surface area contributed by atoms with Gasteiger partial charge in [-0.05, 0) is 0 Å². The van der Waals surface area contributed by atoms with Gasteiger partial charge >= 0.3 is 243 Å². The normalized spacial score (nSPS) is 15.0. The predicted molar refractivity (Wildman–Crippen MR) is 168 cm³/mol. The number of hydrogen-bond acceptors (Lipinski definition) is 2. The molecule has 0 amide bonds. The molecule has 2 aliphatic carbocycles. The molecule has 0 bridgehead atoms. The minimum absolute atomic E-state index is 0.0867. The third-order valence-corrected chi connectivity index (χ3v) is 19.7. The van der Waals surface area contributed by atoms with Gasteiger partial charge in [0.25, 0.3) is 0 Å². The quantitative estimate of drug-likeness (QED) is 0.225. The van der Waals surface area contributed by atoms with Crippen molar-refractivity contribution in [1.29, 1.82) is 0 Å². The Balaban J connectivity index is 1.83. The number of aryl methyl sites for hydroxylation is 6. The van der Waals surface area contributed by atoms with Crippen LogP contribution in [0.1, 0.15) is 69.0 Å². The van der Waals surface area contributed by atoms with Crippen molar-refractivity contribution in [1.82, 2.24) is 0 Å². The first-order valence-corrected chi connectivity index (χ1v) is 18.6. The number of fused-ring (bicyclic) bond motifs is 3. The van der Waals surface area contributed by atoms with Crippen LogP contribution in [0.5, 0.6) is 0 Å². The van der Waals surface area contributed by atoms with Crippen molar-refractivity contribution in [3.63, 3.8) is 0 Å². The number of allylic oxidation sites excluding steroid dienone is 2. The van der Waals surface area contributed by atoms with E-state index in [1.807, 2.05) is 6.92 Å². The second kappa shape index (κ2) is 9.92. The van der Waals surface area contributed by atoms with Gasteiger partial charge in [-0.25, -0.2) is 0 Å². The number of hydrogen-bond donors (Lipinski definition) is 0. The first-order valence-electron chi connectivity index (χ1n) is 14.4. The third kappa shape index (κ3) is 4.03. The number of ketones is 1. The van der Waals surface area contributed by atoms with Crippen LogP contribution in [-0.4, -0.2) is 19.4 Å². The van der Waals surface area contributed by atoms with Gasteiger partial charge < -0.3 is 0 Å². The molecule has 0 aromatic heterocycles. The fourth-order valence-electron chi connectivity index (χ4n) is 7.78. The molecular weight excluding hydrogens is 549 g/mol. The Labute approximate surface area is 241 Å². The summed E-state index contributed by atoms with van der Waals surface area (Å²) in [6.07, 6.45) is 1.22. The van der Waals surface area contributed by atoms with Crippen molar-refractivity contribution in [3.8, 4) is 11.1 Å². The molecule has 0 radical (unpaired) electrons. The Bertz CT molecular complexity index is 1580. The van der Waals surface area contributed by atoms with Gasteiger partial charge in [-0.15, -0.1) is 0 Å². The molecule has 4 aromatic carbocycles. The number of carbonyl (C=O) groups is 1. The van der Waals surface area contributed by atoms with Gasteiger partial charge in [0, 0.05) is 0 Å². The van der Waals surface area contributed by atoms with Crippen LogP contribution in [0, 0.1) is 41.5 Å². The van der Waals surface area contributed by atoms with Gasteiger partial charge in [0.15, 0.2) is 0 Å². The van der Waals surface area contributed by atoms with Crippen LogP contribution in [0.4, 0.5) is 0 Å². The number of rotatable bonds is 5. The van der Waals surface area contributed by atoms with E-state index < -0.39 is 13.6 Å². The fourth-order valence-corrected chi connectivity index (χ4v) is 20.0. The van der Waals surface area contributed by atoms with Crippen molar-refractivity contribution in [2.45, 2.75) is 66.1 Å². The first-order chi connectivity index (χ1) is 19.1. The molecule has 0 spiro atoms. The van der Waals surface area contributed by atoms with Crippen molar-refractivity contribution < 1.29 is 8.56 Å². The van der Waals surface area contributed by atoms with Crippen LogP contribution in [0.25, 0.3) is 11.1 Å². The number of Topliss-reactive ketones (excluding diaryl/α,β-unsaturated/α-hetero) is 1. The molecule has 2 nitrogen and oxygen atoms in total. The zero-order valence-corrected chi connectivity index (χ0v) is 26.8. The van der Waals surface area contributed by atoms with E-state index in [1.165, 1.54) is 64.4 Å².